The number of nitrogens with zero attached hydrogens (tertiary/aromatic N) is 1. The number of amides is 1. The summed E-state index contributed by atoms with van der Waals surface area (Å²) in [6.07, 6.45) is 1.87. The number of ether oxygens (including phenoxy) is 1. The van der Waals surface area contributed by atoms with Gasteiger partial charge in [0.1, 0.15) is 12.1 Å². The first kappa shape index (κ1) is 14.3. The van der Waals surface area contributed by atoms with E-state index in [-0.39, 0.29) is 5.91 Å². The third-order valence-corrected chi connectivity index (χ3v) is 4.06. The average Bonchev–Trinajstić information content (AvgIpc) is 2.46. The Morgan fingerprint density at radius 2 is 2.26 bits per heavy atom. The molecular weight excluding hydrogens is 248 g/mol. The Kier molecular flexibility index (Phi) is 4.76. The molecule has 2 rings (SSSR count). The molecule has 6 nitrogen and oxygen atoms in total. The first-order valence-corrected chi connectivity index (χ1v) is 6.99. The van der Waals surface area contributed by atoms with Crippen molar-refractivity contribution in [3.05, 3.63) is 0 Å². The first-order chi connectivity index (χ1) is 9.13. The topological polar surface area (TPSA) is 78.9 Å². The second kappa shape index (κ2) is 6.34. The van der Waals surface area contributed by atoms with Gasteiger partial charge in [0.2, 0.25) is 0 Å². The minimum absolute atomic E-state index is 0.186. The molecule has 0 aromatic rings. The van der Waals surface area contributed by atoms with E-state index in [1.54, 1.807) is 0 Å². The van der Waals surface area contributed by atoms with E-state index in [1.165, 1.54) is 4.90 Å². The lowest BCUT2D eigenvalue weighted by Crippen LogP contribution is -2.56. The van der Waals surface area contributed by atoms with E-state index in [0.29, 0.717) is 32.0 Å². The fourth-order valence-corrected chi connectivity index (χ4v) is 2.82. The van der Waals surface area contributed by atoms with Crippen molar-refractivity contribution >= 4 is 11.9 Å². The summed E-state index contributed by atoms with van der Waals surface area (Å²) in [4.78, 5) is 25.2. The van der Waals surface area contributed by atoms with Crippen LogP contribution in [-0.4, -0.2) is 60.3 Å². The quantitative estimate of drug-likeness (QED) is 0.759. The standard InChI is InChI=1S/C13H22N2O4/c1-2-9-3-5-15(10(7-9)13(17)18)12(16)11-8-14-4-6-19-11/h9-11,14H,2-8H2,1H3,(H,17,18). The highest BCUT2D eigenvalue weighted by Gasteiger charge is 2.38. The molecule has 2 saturated heterocycles. The first-order valence-electron chi connectivity index (χ1n) is 6.99. The number of carbonyl (C=O) groups is 2. The second-order valence-electron chi connectivity index (χ2n) is 5.25. The average molecular weight is 270 g/mol. The van der Waals surface area contributed by atoms with Crippen LogP contribution in [0.1, 0.15) is 26.2 Å². The summed E-state index contributed by atoms with van der Waals surface area (Å²) < 4.78 is 5.43. The zero-order chi connectivity index (χ0) is 13.8. The van der Waals surface area contributed by atoms with Crippen LogP contribution in [0.5, 0.6) is 0 Å². The van der Waals surface area contributed by atoms with Gasteiger partial charge in [-0.2, -0.15) is 0 Å². The molecule has 0 saturated carbocycles. The normalized spacial score (nSPS) is 32.1. The summed E-state index contributed by atoms with van der Waals surface area (Å²) >= 11 is 0. The van der Waals surface area contributed by atoms with Crippen LogP contribution < -0.4 is 5.32 Å². The molecule has 2 fully saturated rings. The van der Waals surface area contributed by atoms with Crippen LogP contribution in [0.25, 0.3) is 0 Å². The van der Waals surface area contributed by atoms with Crippen LogP contribution in [0.2, 0.25) is 0 Å². The third kappa shape index (κ3) is 3.25. The van der Waals surface area contributed by atoms with Gasteiger partial charge < -0.3 is 20.1 Å². The fourth-order valence-electron chi connectivity index (χ4n) is 2.82. The molecule has 2 aliphatic rings. The van der Waals surface area contributed by atoms with Gasteiger partial charge in [0.25, 0.3) is 5.91 Å². The maximum atomic E-state index is 12.4. The van der Waals surface area contributed by atoms with Crippen LogP contribution in [0, 0.1) is 5.92 Å². The molecule has 2 aliphatic heterocycles. The molecule has 6 heteroatoms. The maximum absolute atomic E-state index is 12.4. The van der Waals surface area contributed by atoms with E-state index in [2.05, 4.69) is 12.2 Å². The third-order valence-electron chi connectivity index (χ3n) is 4.06. The van der Waals surface area contributed by atoms with Crippen molar-refractivity contribution in [1.29, 1.82) is 0 Å². The van der Waals surface area contributed by atoms with Crippen molar-refractivity contribution in [2.75, 3.05) is 26.2 Å². The van der Waals surface area contributed by atoms with Crippen LogP contribution in [0.3, 0.4) is 0 Å². The van der Waals surface area contributed by atoms with Crippen molar-refractivity contribution in [3.63, 3.8) is 0 Å². The molecule has 0 spiro atoms. The Balaban J connectivity index is 2.03. The Morgan fingerprint density at radius 1 is 1.47 bits per heavy atom. The van der Waals surface area contributed by atoms with E-state index in [9.17, 15) is 14.7 Å². The van der Waals surface area contributed by atoms with Crippen LogP contribution in [0.15, 0.2) is 0 Å². The van der Waals surface area contributed by atoms with Crippen LogP contribution in [0.4, 0.5) is 0 Å². The number of likely N-dealkylation sites (tertiary alicyclic amines) is 1. The van der Waals surface area contributed by atoms with Gasteiger partial charge >= 0.3 is 5.97 Å². The van der Waals surface area contributed by atoms with Gasteiger partial charge in [-0.05, 0) is 18.8 Å². The molecule has 3 unspecified atom stereocenters. The molecule has 0 bridgehead atoms. The van der Waals surface area contributed by atoms with Gasteiger partial charge in [0.15, 0.2) is 0 Å². The molecule has 1 amide bonds. The van der Waals surface area contributed by atoms with E-state index in [0.717, 1.165) is 19.4 Å². The number of carbonyl (C=O) groups excluding carboxylic acids is 1. The summed E-state index contributed by atoms with van der Waals surface area (Å²) in [5.41, 5.74) is 0. The van der Waals surface area contributed by atoms with E-state index >= 15 is 0 Å². The zero-order valence-corrected chi connectivity index (χ0v) is 11.3. The largest absolute Gasteiger partial charge is 0.480 e. The highest BCUT2D eigenvalue weighted by Crippen LogP contribution is 2.26. The predicted octanol–water partition coefficient (Wildman–Crippen LogP) is 0.0766. The summed E-state index contributed by atoms with van der Waals surface area (Å²) in [6.45, 7) is 4.30. The predicted molar refractivity (Wildman–Crippen MR) is 68.8 cm³/mol. The van der Waals surface area contributed by atoms with Gasteiger partial charge in [-0.25, -0.2) is 4.79 Å². The maximum Gasteiger partial charge on any atom is 0.326 e. The van der Waals surface area contributed by atoms with Gasteiger partial charge in [-0.3, -0.25) is 4.79 Å². The number of carboxylic acid groups (broad SMARTS) is 1. The van der Waals surface area contributed by atoms with Crippen molar-refractivity contribution in [3.8, 4) is 0 Å². The minimum atomic E-state index is -0.907. The SMILES string of the molecule is CCC1CCN(C(=O)C2CNCCO2)C(C(=O)O)C1. The van der Waals surface area contributed by atoms with Gasteiger partial charge in [-0.15, -0.1) is 0 Å². The van der Waals surface area contributed by atoms with Crippen LogP contribution >= 0.6 is 0 Å². The second-order valence-corrected chi connectivity index (χ2v) is 5.25. The number of hydrogen-bond donors (Lipinski definition) is 2. The smallest absolute Gasteiger partial charge is 0.326 e. The van der Waals surface area contributed by atoms with E-state index < -0.39 is 18.1 Å². The Hall–Kier alpha value is -1.14. The summed E-state index contributed by atoms with van der Waals surface area (Å²) in [5, 5.41) is 12.4. The number of carboxylic acids is 1. The monoisotopic (exact) mass is 270 g/mol. The Labute approximate surface area is 113 Å². The van der Waals surface area contributed by atoms with Crippen molar-refractivity contribution < 1.29 is 19.4 Å². The molecular formula is C13H22N2O4. The number of nitrogens with one attached hydrogen (secondary N) is 1. The summed E-state index contributed by atoms with van der Waals surface area (Å²) in [5.74, 6) is -0.694. The lowest BCUT2D eigenvalue weighted by Gasteiger charge is -2.39. The summed E-state index contributed by atoms with van der Waals surface area (Å²) in [6, 6.07) is -0.697. The molecule has 0 aliphatic carbocycles. The molecule has 19 heavy (non-hydrogen) atoms. The molecule has 0 radical (unpaired) electrons. The highest BCUT2D eigenvalue weighted by atomic mass is 16.5. The molecule has 3 atom stereocenters. The molecule has 2 N–H and O–H groups in total. The molecule has 0 aromatic carbocycles. The van der Waals surface area contributed by atoms with Crippen molar-refractivity contribution in [2.45, 2.75) is 38.3 Å². The lowest BCUT2D eigenvalue weighted by molar-refractivity contribution is -0.160. The lowest BCUT2D eigenvalue weighted by atomic mass is 9.88. The van der Waals surface area contributed by atoms with Gasteiger partial charge in [0, 0.05) is 19.6 Å². The fraction of sp³-hybridized carbons (Fsp3) is 0.846. The van der Waals surface area contributed by atoms with Gasteiger partial charge in [-0.1, -0.05) is 13.3 Å². The Bertz CT molecular complexity index is 342. The van der Waals surface area contributed by atoms with E-state index in [4.69, 9.17) is 4.74 Å². The molecule has 0 aromatic heterocycles. The number of piperidine rings is 1. The molecule has 2 heterocycles. The summed E-state index contributed by atoms with van der Waals surface area (Å²) in [7, 11) is 0. The van der Waals surface area contributed by atoms with E-state index in [1.807, 2.05) is 0 Å². The van der Waals surface area contributed by atoms with Gasteiger partial charge in [0.05, 0.1) is 6.61 Å². The number of morpholine rings is 1. The zero-order valence-electron chi connectivity index (χ0n) is 11.3. The van der Waals surface area contributed by atoms with Crippen LogP contribution in [-0.2, 0) is 14.3 Å². The van der Waals surface area contributed by atoms with Crippen molar-refractivity contribution in [2.24, 2.45) is 5.92 Å². The number of rotatable bonds is 3. The number of hydrogen-bond acceptors (Lipinski definition) is 4. The Morgan fingerprint density at radius 3 is 2.84 bits per heavy atom. The minimum Gasteiger partial charge on any atom is -0.480 e. The highest BCUT2D eigenvalue weighted by molar-refractivity contribution is 5.87. The molecule has 108 valence electrons. The van der Waals surface area contributed by atoms with Crippen molar-refractivity contribution in [1.82, 2.24) is 10.2 Å². The number of aliphatic carboxylic acids is 1.